The van der Waals surface area contributed by atoms with Crippen molar-refractivity contribution in [3.8, 4) is 0 Å². The first-order chi connectivity index (χ1) is 7.79. The van der Waals surface area contributed by atoms with E-state index in [1.807, 2.05) is 0 Å². The first-order valence-electron chi connectivity index (χ1n) is 5.32. The van der Waals surface area contributed by atoms with Crippen molar-refractivity contribution in [2.45, 2.75) is 32.7 Å². The third-order valence-electron chi connectivity index (χ3n) is 2.52. The molecule has 0 aliphatic carbocycles. The Hall–Kier alpha value is -1.40. The summed E-state index contributed by atoms with van der Waals surface area (Å²) in [4.78, 5) is 23.1. The van der Waals surface area contributed by atoms with Crippen LogP contribution in [-0.4, -0.2) is 48.1 Å². The van der Waals surface area contributed by atoms with Crippen molar-refractivity contribution in [1.82, 2.24) is 10.2 Å². The smallest absolute Gasteiger partial charge is 0.326 e. The zero-order valence-corrected chi connectivity index (χ0v) is 10.1. The molecule has 0 aromatic heterocycles. The quantitative estimate of drug-likeness (QED) is 0.750. The van der Waals surface area contributed by atoms with E-state index in [9.17, 15) is 18.4 Å². The van der Waals surface area contributed by atoms with Gasteiger partial charge in [-0.3, -0.25) is 0 Å². The number of carbonyl (C=O) groups excluding carboxylic acids is 1. The van der Waals surface area contributed by atoms with Crippen LogP contribution in [0.5, 0.6) is 0 Å². The van der Waals surface area contributed by atoms with E-state index in [0.717, 1.165) is 4.90 Å². The zero-order chi connectivity index (χ0) is 13.6. The van der Waals surface area contributed by atoms with Crippen molar-refractivity contribution in [2.75, 3.05) is 13.6 Å². The third kappa shape index (κ3) is 5.46. The fourth-order valence-corrected chi connectivity index (χ4v) is 1.22. The predicted molar refractivity (Wildman–Crippen MR) is 58.0 cm³/mol. The summed E-state index contributed by atoms with van der Waals surface area (Å²) < 4.78 is 24.1. The molecular weight excluding hydrogens is 234 g/mol. The highest BCUT2D eigenvalue weighted by Crippen LogP contribution is 2.08. The highest BCUT2D eigenvalue weighted by atomic mass is 19.3. The van der Waals surface area contributed by atoms with Gasteiger partial charge in [0.2, 0.25) is 0 Å². The molecule has 0 fully saturated rings. The van der Waals surface area contributed by atoms with Crippen molar-refractivity contribution >= 4 is 12.0 Å². The fraction of sp³-hybridized carbons (Fsp3) is 0.800. The Kier molecular flexibility index (Phi) is 6.45. The molecule has 0 aromatic carbocycles. The molecule has 7 heteroatoms. The summed E-state index contributed by atoms with van der Waals surface area (Å²) in [6.45, 7) is 2.74. The van der Waals surface area contributed by atoms with Gasteiger partial charge in [0, 0.05) is 7.05 Å². The summed E-state index contributed by atoms with van der Waals surface area (Å²) in [6.07, 6.45) is -2.08. The second-order valence-electron chi connectivity index (χ2n) is 3.92. The van der Waals surface area contributed by atoms with Crippen molar-refractivity contribution in [3.63, 3.8) is 0 Å². The average molecular weight is 252 g/mol. The number of hydrogen-bond acceptors (Lipinski definition) is 2. The van der Waals surface area contributed by atoms with Crippen LogP contribution in [0.1, 0.15) is 20.3 Å². The molecule has 0 bridgehead atoms. The predicted octanol–water partition coefficient (Wildman–Crippen LogP) is 1.39. The molecule has 100 valence electrons. The van der Waals surface area contributed by atoms with Crippen molar-refractivity contribution in [1.29, 1.82) is 0 Å². The molecule has 0 aliphatic rings. The molecule has 0 radical (unpaired) electrons. The van der Waals surface area contributed by atoms with Gasteiger partial charge in [-0.1, -0.05) is 20.3 Å². The van der Waals surface area contributed by atoms with Crippen LogP contribution < -0.4 is 5.32 Å². The third-order valence-corrected chi connectivity index (χ3v) is 2.52. The first kappa shape index (κ1) is 15.6. The summed E-state index contributed by atoms with van der Waals surface area (Å²) in [5.41, 5.74) is 0. The van der Waals surface area contributed by atoms with Crippen molar-refractivity contribution in [2.24, 2.45) is 5.92 Å². The maximum atomic E-state index is 12.0. The number of carbonyl (C=O) groups is 2. The fourth-order valence-electron chi connectivity index (χ4n) is 1.22. The van der Waals surface area contributed by atoms with Gasteiger partial charge in [0.25, 0.3) is 6.43 Å². The summed E-state index contributed by atoms with van der Waals surface area (Å²) in [5.74, 6) is -1.44. The van der Waals surface area contributed by atoms with Crippen LogP contribution >= 0.6 is 0 Å². The first-order valence-corrected chi connectivity index (χ1v) is 5.32. The summed E-state index contributed by atoms with van der Waals surface area (Å²) >= 11 is 0. The van der Waals surface area contributed by atoms with E-state index in [1.54, 1.807) is 13.8 Å². The molecule has 0 spiro atoms. The monoisotopic (exact) mass is 252 g/mol. The van der Waals surface area contributed by atoms with Gasteiger partial charge in [0.1, 0.15) is 6.04 Å². The van der Waals surface area contributed by atoms with Crippen LogP contribution in [0.15, 0.2) is 0 Å². The average Bonchev–Trinajstić information content (AvgIpc) is 2.22. The van der Waals surface area contributed by atoms with E-state index in [2.05, 4.69) is 5.32 Å². The summed E-state index contributed by atoms with van der Waals surface area (Å²) in [5, 5.41) is 11.1. The van der Waals surface area contributed by atoms with Gasteiger partial charge in [-0.25, -0.2) is 18.4 Å². The van der Waals surface area contributed by atoms with Gasteiger partial charge in [-0.15, -0.1) is 0 Å². The molecule has 0 saturated heterocycles. The standard InChI is InChI=1S/C10H18F2N2O3/c1-4-6(2)8(9(15)16)13-10(17)14(3)5-7(11)12/h6-8H,4-5H2,1-3H3,(H,13,17)(H,15,16)/t6-,8-/m0/s1. The topological polar surface area (TPSA) is 69.6 Å². The Balaban J connectivity index is 4.45. The lowest BCUT2D eigenvalue weighted by Gasteiger charge is -2.24. The number of hydrogen-bond donors (Lipinski definition) is 2. The van der Waals surface area contributed by atoms with Gasteiger partial charge < -0.3 is 15.3 Å². The molecule has 0 saturated carbocycles. The maximum absolute atomic E-state index is 12.0. The minimum absolute atomic E-state index is 0.267. The molecule has 0 unspecified atom stereocenters. The number of nitrogens with one attached hydrogen (secondary N) is 1. The number of carboxylic acids is 1. The molecule has 0 heterocycles. The number of halogens is 2. The summed E-state index contributed by atoms with van der Waals surface area (Å²) in [6, 6.07) is -1.87. The number of aliphatic carboxylic acids is 1. The van der Waals surface area contributed by atoms with Crippen LogP contribution in [0.4, 0.5) is 13.6 Å². The second-order valence-corrected chi connectivity index (χ2v) is 3.92. The SMILES string of the molecule is CC[C@H](C)[C@H](NC(=O)N(C)CC(F)F)C(=O)O. The minimum atomic E-state index is -2.64. The molecule has 0 aliphatic heterocycles. The van der Waals surface area contributed by atoms with Gasteiger partial charge in [0.15, 0.2) is 0 Å². The largest absolute Gasteiger partial charge is 0.480 e. The van der Waals surface area contributed by atoms with Crippen molar-refractivity contribution < 1.29 is 23.5 Å². The molecule has 0 rings (SSSR count). The van der Waals surface area contributed by atoms with Crippen LogP contribution in [0.25, 0.3) is 0 Å². The molecule has 5 nitrogen and oxygen atoms in total. The number of urea groups is 1. The Labute approximate surface area is 98.8 Å². The minimum Gasteiger partial charge on any atom is -0.480 e. The van der Waals surface area contributed by atoms with Crippen LogP contribution in [0.2, 0.25) is 0 Å². The van der Waals surface area contributed by atoms with E-state index < -0.39 is 31.0 Å². The van der Waals surface area contributed by atoms with Gasteiger partial charge in [-0.05, 0) is 5.92 Å². The van der Waals surface area contributed by atoms with Crippen molar-refractivity contribution in [3.05, 3.63) is 0 Å². The Morgan fingerprint density at radius 1 is 1.41 bits per heavy atom. The van der Waals surface area contributed by atoms with Gasteiger partial charge >= 0.3 is 12.0 Å². The highest BCUT2D eigenvalue weighted by Gasteiger charge is 2.27. The van der Waals surface area contributed by atoms with Crippen LogP contribution in [-0.2, 0) is 4.79 Å². The molecule has 0 aromatic rings. The lowest BCUT2D eigenvalue weighted by atomic mass is 9.99. The van der Waals surface area contributed by atoms with Gasteiger partial charge in [0.05, 0.1) is 6.54 Å². The number of nitrogens with zero attached hydrogens (tertiary/aromatic N) is 1. The molecule has 2 N–H and O–H groups in total. The highest BCUT2D eigenvalue weighted by molar-refractivity contribution is 5.82. The zero-order valence-electron chi connectivity index (χ0n) is 10.1. The Morgan fingerprint density at radius 3 is 2.29 bits per heavy atom. The van der Waals surface area contributed by atoms with E-state index >= 15 is 0 Å². The Bertz CT molecular complexity index is 274. The maximum Gasteiger partial charge on any atom is 0.326 e. The van der Waals surface area contributed by atoms with Crippen LogP contribution in [0.3, 0.4) is 0 Å². The lowest BCUT2D eigenvalue weighted by molar-refractivity contribution is -0.140. The van der Waals surface area contributed by atoms with E-state index in [4.69, 9.17) is 5.11 Å². The number of amides is 2. The molecular formula is C10H18F2N2O3. The molecule has 2 amide bonds. The van der Waals surface area contributed by atoms with Gasteiger partial charge in [-0.2, -0.15) is 0 Å². The lowest BCUT2D eigenvalue weighted by Crippen LogP contribution is -2.50. The summed E-state index contributed by atoms with van der Waals surface area (Å²) in [7, 11) is 1.19. The normalized spacial score (nSPS) is 14.2. The Morgan fingerprint density at radius 2 is 1.94 bits per heavy atom. The molecule has 2 atom stereocenters. The van der Waals surface area contributed by atoms with E-state index in [-0.39, 0.29) is 5.92 Å². The van der Waals surface area contributed by atoms with Crippen LogP contribution in [0, 0.1) is 5.92 Å². The number of rotatable bonds is 6. The van der Waals surface area contributed by atoms with E-state index in [0.29, 0.717) is 6.42 Å². The number of carboxylic acid groups (broad SMARTS) is 1. The second kappa shape index (κ2) is 7.03. The van der Waals surface area contributed by atoms with E-state index in [1.165, 1.54) is 7.05 Å². The molecule has 17 heavy (non-hydrogen) atoms. The number of alkyl halides is 2.